The lowest BCUT2D eigenvalue weighted by Gasteiger charge is -2.30. The van der Waals surface area contributed by atoms with Gasteiger partial charge in [0.25, 0.3) is 0 Å². The molecule has 3 heterocycles. The summed E-state index contributed by atoms with van der Waals surface area (Å²) in [5, 5.41) is 26.1. The molecule has 30 heteroatoms. The van der Waals surface area contributed by atoms with Crippen LogP contribution in [-0.4, -0.2) is 134 Å². The molecule has 4 unspecified atom stereocenters. The lowest BCUT2D eigenvalue weighted by molar-refractivity contribution is -0.137. The number of aliphatic hydroxyl groups is 2. The number of fused-ring (bicyclic) bond motifs is 1. The number of nitrogens with zero attached hydrogens (tertiary/aromatic N) is 4. The highest BCUT2D eigenvalue weighted by molar-refractivity contribution is 8.13. The number of carbonyl (C=O) groups excluding carboxylic acids is 5. The molecule has 0 aromatic carbocycles. The molecule has 1 aliphatic carbocycles. The lowest BCUT2D eigenvalue weighted by atomic mass is 9.87. The predicted molar refractivity (Wildman–Crippen MR) is 236 cm³/mol. The predicted octanol–water partition coefficient (Wildman–Crippen LogP) is 1.75. The van der Waals surface area contributed by atoms with Gasteiger partial charge in [0.2, 0.25) is 11.8 Å². The number of hydrogen-bond donors (Lipinski definition) is 9. The minimum Gasteiger partial charge on any atom is -0.386 e. The topological polar surface area (TPSA) is 398 Å². The molecular weight excluding hydrogens is 971 g/mol. The molecule has 1 aliphatic heterocycles. The highest BCUT2D eigenvalue weighted by Crippen LogP contribution is 2.61. The third-order valence-corrected chi connectivity index (χ3v) is 14.6. The number of aliphatic hydroxyl groups excluding tert-OH is 2. The van der Waals surface area contributed by atoms with Crippen molar-refractivity contribution in [3.63, 3.8) is 0 Å². The van der Waals surface area contributed by atoms with E-state index in [0.29, 0.717) is 19.3 Å². The van der Waals surface area contributed by atoms with Crippen molar-refractivity contribution in [3.8, 4) is 0 Å². The van der Waals surface area contributed by atoms with E-state index in [9.17, 15) is 67.5 Å². The number of thioether (sulfide) groups is 1. The number of nitrogen functional groups attached to an aromatic ring is 1. The van der Waals surface area contributed by atoms with E-state index in [2.05, 4.69) is 34.4 Å². The number of amides is 2. The number of nitrogens with two attached hydrogens (primary N) is 1. The fourth-order valence-electron chi connectivity index (χ4n) is 7.21. The summed E-state index contributed by atoms with van der Waals surface area (Å²) in [6.45, 7) is 2.27. The molecule has 0 radical (unpaired) electrons. The van der Waals surface area contributed by atoms with Crippen LogP contribution in [0.4, 0.5) is 5.82 Å². The smallest absolute Gasteiger partial charge is 0.386 e. The van der Waals surface area contributed by atoms with Crippen molar-refractivity contribution in [2.45, 2.75) is 109 Å². The molecule has 0 spiro atoms. The Morgan fingerprint density at radius 1 is 1.04 bits per heavy atom. The summed E-state index contributed by atoms with van der Waals surface area (Å²) in [6, 6.07) is 0. The number of rotatable bonds is 28. The highest BCUT2D eigenvalue weighted by Gasteiger charge is 2.50. The van der Waals surface area contributed by atoms with E-state index in [-0.39, 0.29) is 83.6 Å². The van der Waals surface area contributed by atoms with E-state index in [4.69, 9.17) is 19.5 Å². The second-order valence-corrected chi connectivity index (χ2v) is 21.8. The molecule has 0 bridgehead atoms. The molecular formula is C37H58N7O19P3S. The fourth-order valence-corrected chi connectivity index (χ4v) is 10.7. The number of phosphoric acid groups is 3. The second kappa shape index (κ2) is 25.0. The van der Waals surface area contributed by atoms with E-state index in [1.165, 1.54) is 13.8 Å². The molecule has 10 N–H and O–H groups in total. The summed E-state index contributed by atoms with van der Waals surface area (Å²) in [4.78, 5) is 113. The minimum absolute atomic E-state index is 0.0101. The molecule has 4 rings (SSSR count). The first-order valence-electron chi connectivity index (χ1n) is 21.1. The van der Waals surface area contributed by atoms with Gasteiger partial charge in [-0.05, 0) is 38.0 Å². The SMILES string of the molecule is CC/C=C\CC1C(=O)CCC1CCCC(=O)CC(=O)SCCNC(=O)CCNC(=O)[C@H](O)C(C)(C)COP(=O)(O)OP(=O)(O)OC[C@H]1O[C@@H](n2cnc3c(N)ncnc32)[C@H](O)[C@@H]1OP(=O)(O)O. The molecule has 376 valence electrons. The summed E-state index contributed by atoms with van der Waals surface area (Å²) in [5.41, 5.74) is 4.22. The van der Waals surface area contributed by atoms with E-state index in [1.807, 2.05) is 19.1 Å². The maximum Gasteiger partial charge on any atom is 0.481 e. The molecule has 67 heavy (non-hydrogen) atoms. The highest BCUT2D eigenvalue weighted by atomic mass is 32.2. The van der Waals surface area contributed by atoms with Gasteiger partial charge in [-0.15, -0.1) is 0 Å². The van der Waals surface area contributed by atoms with Crippen molar-refractivity contribution in [1.82, 2.24) is 30.2 Å². The monoisotopic (exact) mass is 1030 g/mol. The molecule has 2 fully saturated rings. The number of phosphoric ester groups is 3. The van der Waals surface area contributed by atoms with E-state index < -0.39 is 84.6 Å². The van der Waals surface area contributed by atoms with Crippen LogP contribution in [0.15, 0.2) is 24.8 Å². The Hall–Kier alpha value is -3.36. The molecule has 1 saturated heterocycles. The third-order valence-electron chi connectivity index (χ3n) is 10.7. The van der Waals surface area contributed by atoms with Crippen molar-refractivity contribution in [1.29, 1.82) is 0 Å². The first-order valence-corrected chi connectivity index (χ1v) is 26.6. The van der Waals surface area contributed by atoms with Crippen LogP contribution in [0.2, 0.25) is 0 Å². The molecule has 1 saturated carbocycles. The molecule has 2 amide bonds. The summed E-state index contributed by atoms with van der Waals surface area (Å²) < 4.78 is 62.3. The van der Waals surface area contributed by atoms with Gasteiger partial charge in [-0.2, -0.15) is 4.31 Å². The van der Waals surface area contributed by atoms with Crippen molar-refractivity contribution < 1.29 is 90.1 Å². The van der Waals surface area contributed by atoms with Gasteiger partial charge in [-0.25, -0.2) is 28.6 Å². The van der Waals surface area contributed by atoms with Crippen molar-refractivity contribution in [2.75, 3.05) is 37.8 Å². The second-order valence-electron chi connectivity index (χ2n) is 16.4. The maximum atomic E-state index is 12.7. The molecule has 2 aliphatic rings. The fraction of sp³-hybridized carbons (Fsp3) is 0.676. The number of Topliss-reactive ketones (excluding diaryl/α,β-unsaturated/α-hetero) is 2. The van der Waals surface area contributed by atoms with Gasteiger partial charge in [0.1, 0.15) is 47.8 Å². The largest absolute Gasteiger partial charge is 0.481 e. The van der Waals surface area contributed by atoms with Crippen LogP contribution in [0.3, 0.4) is 0 Å². The van der Waals surface area contributed by atoms with Gasteiger partial charge in [0.05, 0.1) is 26.0 Å². The molecule has 2 aromatic rings. The van der Waals surface area contributed by atoms with Gasteiger partial charge in [-0.3, -0.25) is 42.1 Å². The number of hydrogen-bond acceptors (Lipinski definition) is 20. The summed E-state index contributed by atoms with van der Waals surface area (Å²) >= 11 is 0.896. The van der Waals surface area contributed by atoms with Gasteiger partial charge >= 0.3 is 23.5 Å². The summed E-state index contributed by atoms with van der Waals surface area (Å²) in [5.74, 6) is -1.07. The molecule has 2 aromatic heterocycles. The van der Waals surface area contributed by atoms with Crippen LogP contribution in [-0.2, 0) is 60.3 Å². The zero-order chi connectivity index (χ0) is 49.7. The number of nitrogens with one attached hydrogen (secondary N) is 2. The maximum absolute atomic E-state index is 12.7. The Morgan fingerprint density at radius 2 is 1.76 bits per heavy atom. The normalized spacial score (nSPS) is 23.6. The van der Waals surface area contributed by atoms with Gasteiger partial charge in [-0.1, -0.05) is 44.7 Å². The van der Waals surface area contributed by atoms with Crippen molar-refractivity contribution >= 4 is 80.7 Å². The Balaban J connectivity index is 1.13. The standard InChI is InChI=1S/C37H58N7O19P3S/c1-4-5-6-10-24-22(11-12-25(24)46)8-7-9-23(45)17-28(48)67-16-15-39-27(47)13-14-40-35(51)32(50)37(2,3)19-60-66(57,58)63-65(55,56)59-18-26-31(62-64(52,53)54)30(49)36(61-26)44-21-43-29-33(38)41-20-42-34(29)44/h5-6,20-22,24,26,30-32,36,49-50H,4,7-19H2,1-3H3,(H,39,47)(H,40,51)(H,55,56)(H,57,58)(H2,38,41,42)(H2,52,53,54)/b6-5-/t22?,24?,26-,30-,31-,32+,36-/m1/s1. The Labute approximate surface area is 389 Å². The number of carbonyl (C=O) groups is 5. The van der Waals surface area contributed by atoms with Crippen LogP contribution < -0.4 is 16.4 Å². The van der Waals surface area contributed by atoms with Crippen LogP contribution in [0, 0.1) is 17.3 Å². The number of ether oxygens (including phenoxy) is 1. The molecule has 26 nitrogen and oxygen atoms in total. The van der Waals surface area contributed by atoms with Crippen LogP contribution >= 0.6 is 35.2 Å². The van der Waals surface area contributed by atoms with Crippen LogP contribution in [0.1, 0.15) is 84.8 Å². The average Bonchev–Trinajstić information content (AvgIpc) is 3.91. The number of imidazole rings is 1. The number of anilines is 1. The average molecular weight is 1030 g/mol. The minimum atomic E-state index is -5.60. The third kappa shape index (κ3) is 17.5. The van der Waals surface area contributed by atoms with Gasteiger partial charge in [0, 0.05) is 49.4 Å². The Bertz CT molecular complexity index is 2240. The molecule has 9 atom stereocenters. The van der Waals surface area contributed by atoms with Crippen LogP contribution in [0.25, 0.3) is 11.2 Å². The Morgan fingerprint density at radius 3 is 2.46 bits per heavy atom. The zero-order valence-corrected chi connectivity index (χ0v) is 40.4. The van der Waals surface area contributed by atoms with Crippen LogP contribution in [0.5, 0.6) is 0 Å². The first-order chi connectivity index (χ1) is 31.3. The first kappa shape index (κ1) is 56.2. The quantitative estimate of drug-likeness (QED) is 0.0254. The summed E-state index contributed by atoms with van der Waals surface area (Å²) in [6.07, 6.45) is 1.34. The van der Waals surface area contributed by atoms with Crippen molar-refractivity contribution in [3.05, 3.63) is 24.8 Å². The van der Waals surface area contributed by atoms with E-state index in [0.717, 1.165) is 48.2 Å². The van der Waals surface area contributed by atoms with Crippen molar-refractivity contribution in [2.24, 2.45) is 17.3 Å². The number of allylic oxidation sites excluding steroid dienone is 2. The van der Waals surface area contributed by atoms with E-state index >= 15 is 0 Å². The Kier molecular flexibility index (Phi) is 21.0. The van der Waals surface area contributed by atoms with Gasteiger partial charge < -0.3 is 50.9 Å². The summed E-state index contributed by atoms with van der Waals surface area (Å²) in [7, 11) is -16.5. The number of ketones is 2. The number of aromatic nitrogens is 4. The van der Waals surface area contributed by atoms with Gasteiger partial charge in [0.15, 0.2) is 22.8 Å². The lowest BCUT2D eigenvalue weighted by Crippen LogP contribution is -2.46. The van der Waals surface area contributed by atoms with E-state index in [1.54, 1.807) is 0 Å². The zero-order valence-electron chi connectivity index (χ0n) is 36.9.